The van der Waals surface area contributed by atoms with Crippen LogP contribution in [0.3, 0.4) is 0 Å². The number of nitrogens with one attached hydrogen (secondary N) is 1. The van der Waals surface area contributed by atoms with Gasteiger partial charge in [0.1, 0.15) is 0 Å². The number of anilines is 2. The van der Waals surface area contributed by atoms with Gasteiger partial charge in [0.05, 0.1) is 19.1 Å². The van der Waals surface area contributed by atoms with E-state index in [2.05, 4.69) is 19.2 Å². The van der Waals surface area contributed by atoms with Gasteiger partial charge in [-0.15, -0.1) is 0 Å². The number of aryl methyl sites for hydroxylation is 1. The van der Waals surface area contributed by atoms with Gasteiger partial charge in [0.2, 0.25) is 5.91 Å². The number of rotatable bonds is 7. The minimum atomic E-state index is -0.0328. The number of nitrogens with two attached hydrogens (primary N) is 1. The number of carbonyl (C=O) groups excluding carboxylic acids is 1. The topological polar surface area (TPSA) is 64.3 Å². The highest BCUT2D eigenvalue weighted by Crippen LogP contribution is 2.17. The molecule has 0 aromatic heterocycles. The third kappa shape index (κ3) is 6.06. The fraction of sp³-hybridized carbons (Fsp3) is 0.562. The predicted octanol–water partition coefficient (Wildman–Crippen LogP) is 3.36. The molecule has 1 rings (SSSR count). The number of benzene rings is 1. The van der Waals surface area contributed by atoms with Gasteiger partial charge >= 0.3 is 0 Å². The SMILES string of the molecule is Cc1cc(N)ccc1NC(=O)CCOC(C)CC(C)C. The molecule has 1 aromatic rings. The van der Waals surface area contributed by atoms with E-state index in [0.29, 0.717) is 24.6 Å². The first kappa shape index (κ1) is 16.5. The second kappa shape index (κ2) is 7.90. The van der Waals surface area contributed by atoms with Crippen LogP contribution in [0.4, 0.5) is 11.4 Å². The lowest BCUT2D eigenvalue weighted by atomic mass is 10.1. The van der Waals surface area contributed by atoms with Gasteiger partial charge in [0.25, 0.3) is 0 Å². The third-order valence-corrected chi connectivity index (χ3v) is 3.06. The van der Waals surface area contributed by atoms with Crippen LogP contribution < -0.4 is 11.1 Å². The van der Waals surface area contributed by atoms with E-state index in [4.69, 9.17) is 10.5 Å². The van der Waals surface area contributed by atoms with E-state index in [0.717, 1.165) is 17.7 Å². The number of amides is 1. The van der Waals surface area contributed by atoms with Crippen molar-refractivity contribution in [3.8, 4) is 0 Å². The van der Waals surface area contributed by atoms with E-state index < -0.39 is 0 Å². The van der Waals surface area contributed by atoms with Crippen LogP contribution in [0.5, 0.6) is 0 Å². The minimum absolute atomic E-state index is 0.0328. The Kier molecular flexibility index (Phi) is 6.52. The molecule has 0 aliphatic rings. The summed E-state index contributed by atoms with van der Waals surface area (Å²) >= 11 is 0. The summed E-state index contributed by atoms with van der Waals surface area (Å²) < 4.78 is 5.63. The normalized spacial score (nSPS) is 12.4. The maximum Gasteiger partial charge on any atom is 0.226 e. The van der Waals surface area contributed by atoms with Crippen LogP contribution in [0.15, 0.2) is 18.2 Å². The van der Waals surface area contributed by atoms with Crippen molar-refractivity contribution < 1.29 is 9.53 Å². The van der Waals surface area contributed by atoms with Crippen molar-refractivity contribution in [3.63, 3.8) is 0 Å². The van der Waals surface area contributed by atoms with Crippen LogP contribution in [0.25, 0.3) is 0 Å². The quantitative estimate of drug-likeness (QED) is 0.752. The van der Waals surface area contributed by atoms with Crippen molar-refractivity contribution in [2.24, 2.45) is 5.92 Å². The van der Waals surface area contributed by atoms with Crippen LogP contribution in [-0.2, 0) is 9.53 Å². The van der Waals surface area contributed by atoms with Gasteiger partial charge in [-0.05, 0) is 49.9 Å². The van der Waals surface area contributed by atoms with Gasteiger partial charge in [-0.3, -0.25) is 4.79 Å². The molecule has 0 saturated carbocycles. The molecular weight excluding hydrogens is 252 g/mol. The Morgan fingerprint density at radius 1 is 1.35 bits per heavy atom. The maximum absolute atomic E-state index is 11.8. The molecular formula is C16H26N2O2. The first-order valence-electron chi connectivity index (χ1n) is 7.16. The smallest absolute Gasteiger partial charge is 0.226 e. The van der Waals surface area contributed by atoms with Crippen molar-refractivity contribution in [3.05, 3.63) is 23.8 Å². The second-order valence-corrected chi connectivity index (χ2v) is 5.68. The lowest BCUT2D eigenvalue weighted by Crippen LogP contribution is -2.18. The molecule has 1 amide bonds. The third-order valence-electron chi connectivity index (χ3n) is 3.06. The van der Waals surface area contributed by atoms with E-state index in [9.17, 15) is 4.79 Å². The molecule has 4 nitrogen and oxygen atoms in total. The molecule has 0 aliphatic carbocycles. The monoisotopic (exact) mass is 278 g/mol. The van der Waals surface area contributed by atoms with Crippen molar-refractivity contribution in [2.45, 2.75) is 46.6 Å². The Hall–Kier alpha value is -1.55. The second-order valence-electron chi connectivity index (χ2n) is 5.68. The lowest BCUT2D eigenvalue weighted by Gasteiger charge is -2.15. The molecule has 3 N–H and O–H groups in total. The molecule has 1 aromatic carbocycles. The Balaban J connectivity index is 2.33. The Labute approximate surface area is 121 Å². The van der Waals surface area contributed by atoms with Crippen LogP contribution in [0, 0.1) is 12.8 Å². The van der Waals surface area contributed by atoms with E-state index >= 15 is 0 Å². The average Bonchev–Trinajstić information content (AvgIpc) is 2.31. The zero-order chi connectivity index (χ0) is 15.1. The van der Waals surface area contributed by atoms with Gasteiger partial charge in [0.15, 0.2) is 0 Å². The van der Waals surface area contributed by atoms with Gasteiger partial charge < -0.3 is 15.8 Å². The van der Waals surface area contributed by atoms with Crippen LogP contribution in [0.2, 0.25) is 0 Å². The number of hydrogen-bond donors (Lipinski definition) is 2. The fourth-order valence-corrected chi connectivity index (χ4v) is 2.12. The van der Waals surface area contributed by atoms with Crippen molar-refractivity contribution in [1.82, 2.24) is 0 Å². The first-order chi connectivity index (χ1) is 9.38. The molecule has 1 atom stereocenters. The Morgan fingerprint density at radius 3 is 2.65 bits per heavy atom. The molecule has 0 aliphatic heterocycles. The number of hydrogen-bond acceptors (Lipinski definition) is 3. The summed E-state index contributed by atoms with van der Waals surface area (Å²) in [5.74, 6) is 0.575. The summed E-state index contributed by atoms with van der Waals surface area (Å²) in [4.78, 5) is 11.8. The van der Waals surface area contributed by atoms with E-state index in [-0.39, 0.29) is 12.0 Å². The highest BCUT2D eigenvalue weighted by Gasteiger charge is 2.08. The van der Waals surface area contributed by atoms with Gasteiger partial charge in [-0.2, -0.15) is 0 Å². The average molecular weight is 278 g/mol. The fourth-order valence-electron chi connectivity index (χ4n) is 2.12. The van der Waals surface area contributed by atoms with Crippen molar-refractivity contribution in [2.75, 3.05) is 17.7 Å². The van der Waals surface area contributed by atoms with Gasteiger partial charge in [0, 0.05) is 11.4 Å². The summed E-state index contributed by atoms with van der Waals surface area (Å²) in [6.07, 6.45) is 1.58. The highest BCUT2D eigenvalue weighted by atomic mass is 16.5. The van der Waals surface area contributed by atoms with Crippen LogP contribution in [0.1, 0.15) is 39.2 Å². The van der Waals surface area contributed by atoms with Crippen molar-refractivity contribution in [1.29, 1.82) is 0 Å². The molecule has 0 bridgehead atoms. The maximum atomic E-state index is 11.8. The summed E-state index contributed by atoms with van der Waals surface area (Å²) in [6.45, 7) is 8.75. The van der Waals surface area contributed by atoms with E-state index in [1.54, 1.807) is 6.07 Å². The van der Waals surface area contributed by atoms with E-state index in [1.165, 1.54) is 0 Å². The summed E-state index contributed by atoms with van der Waals surface area (Å²) in [5.41, 5.74) is 8.15. The number of ether oxygens (including phenoxy) is 1. The molecule has 0 radical (unpaired) electrons. The molecule has 1 unspecified atom stereocenters. The van der Waals surface area contributed by atoms with Gasteiger partial charge in [-0.25, -0.2) is 0 Å². The molecule has 0 spiro atoms. The molecule has 0 saturated heterocycles. The zero-order valence-electron chi connectivity index (χ0n) is 12.9. The van der Waals surface area contributed by atoms with Gasteiger partial charge in [-0.1, -0.05) is 13.8 Å². The highest BCUT2D eigenvalue weighted by molar-refractivity contribution is 5.91. The molecule has 0 fully saturated rings. The molecule has 20 heavy (non-hydrogen) atoms. The number of nitrogen functional groups attached to an aromatic ring is 1. The largest absolute Gasteiger partial charge is 0.399 e. The van der Waals surface area contributed by atoms with Crippen molar-refractivity contribution >= 4 is 17.3 Å². The summed E-state index contributed by atoms with van der Waals surface area (Å²) in [7, 11) is 0. The molecule has 112 valence electrons. The van der Waals surface area contributed by atoms with E-state index in [1.807, 2.05) is 26.0 Å². The zero-order valence-corrected chi connectivity index (χ0v) is 12.9. The lowest BCUT2D eigenvalue weighted by molar-refractivity contribution is -0.117. The standard InChI is InChI=1S/C16H26N2O2/c1-11(2)9-13(4)20-8-7-16(19)18-15-6-5-14(17)10-12(15)3/h5-6,10-11,13H,7-9,17H2,1-4H3,(H,18,19). The molecule has 0 heterocycles. The Morgan fingerprint density at radius 2 is 2.05 bits per heavy atom. The van der Waals surface area contributed by atoms with Crippen LogP contribution >= 0.6 is 0 Å². The summed E-state index contributed by atoms with van der Waals surface area (Å²) in [6, 6.07) is 5.45. The van der Waals surface area contributed by atoms with Crippen LogP contribution in [-0.4, -0.2) is 18.6 Å². The minimum Gasteiger partial charge on any atom is -0.399 e. The molecule has 4 heteroatoms. The number of carbonyl (C=O) groups is 1. The summed E-state index contributed by atoms with van der Waals surface area (Å²) in [5, 5.41) is 2.88. The predicted molar refractivity (Wildman–Crippen MR) is 83.7 cm³/mol. The first-order valence-corrected chi connectivity index (χ1v) is 7.16. The Bertz CT molecular complexity index is 444.